The molecule has 1 unspecified atom stereocenters. The van der Waals surface area contributed by atoms with Gasteiger partial charge in [0.05, 0.1) is 11.8 Å². The second kappa shape index (κ2) is 6.29. The fourth-order valence-electron chi connectivity index (χ4n) is 3.65. The van der Waals surface area contributed by atoms with E-state index in [1.54, 1.807) is 4.68 Å². The minimum Gasteiger partial charge on any atom is -0.392 e. The standard InChI is InChI=1S/C17H29ClN2O/c1-11-14(16(18)20(5)19-11)10-15(21)12-6-8-13(9-7-12)17(2,3)4/h12-13,15,21H,6-10H2,1-5H3. The molecule has 1 N–H and O–H groups in total. The van der Waals surface area contributed by atoms with E-state index in [4.69, 9.17) is 11.6 Å². The smallest absolute Gasteiger partial charge is 0.130 e. The molecule has 21 heavy (non-hydrogen) atoms. The van der Waals surface area contributed by atoms with Crippen LogP contribution in [-0.2, 0) is 13.5 Å². The number of aliphatic hydroxyl groups excluding tert-OH is 1. The second-order valence-corrected chi connectivity index (χ2v) is 8.09. The van der Waals surface area contributed by atoms with Gasteiger partial charge in [0.25, 0.3) is 0 Å². The lowest BCUT2D eigenvalue weighted by Crippen LogP contribution is -2.31. The molecule has 120 valence electrons. The molecular formula is C17H29ClN2O. The molecule has 1 atom stereocenters. The monoisotopic (exact) mass is 312 g/mol. The van der Waals surface area contributed by atoms with Gasteiger partial charge in [0.1, 0.15) is 5.15 Å². The van der Waals surface area contributed by atoms with Gasteiger partial charge in [-0.05, 0) is 49.9 Å². The molecular weight excluding hydrogens is 284 g/mol. The van der Waals surface area contributed by atoms with Crippen molar-refractivity contribution in [3.05, 3.63) is 16.4 Å². The zero-order valence-electron chi connectivity index (χ0n) is 14.0. The summed E-state index contributed by atoms with van der Waals surface area (Å²) in [6, 6.07) is 0. The average Bonchev–Trinajstić information content (AvgIpc) is 2.64. The van der Waals surface area contributed by atoms with Gasteiger partial charge in [-0.25, -0.2) is 0 Å². The van der Waals surface area contributed by atoms with Crippen LogP contribution in [0.25, 0.3) is 0 Å². The van der Waals surface area contributed by atoms with Crippen molar-refractivity contribution in [2.75, 3.05) is 0 Å². The number of aliphatic hydroxyl groups is 1. The molecule has 0 bridgehead atoms. The Bertz CT molecular complexity index is 482. The molecule has 2 rings (SSSR count). The third-order valence-corrected chi connectivity index (χ3v) is 5.70. The fraction of sp³-hybridized carbons (Fsp3) is 0.824. The summed E-state index contributed by atoms with van der Waals surface area (Å²) >= 11 is 6.27. The molecule has 4 heteroatoms. The number of hydrogen-bond acceptors (Lipinski definition) is 2. The minimum atomic E-state index is -0.300. The first-order chi connectivity index (χ1) is 9.70. The number of hydrogen-bond donors (Lipinski definition) is 1. The Morgan fingerprint density at radius 2 is 1.86 bits per heavy atom. The van der Waals surface area contributed by atoms with Gasteiger partial charge in [0.15, 0.2) is 0 Å². The van der Waals surface area contributed by atoms with E-state index in [1.807, 2.05) is 14.0 Å². The summed E-state index contributed by atoms with van der Waals surface area (Å²) in [5.41, 5.74) is 2.33. The Balaban J connectivity index is 1.95. The molecule has 1 heterocycles. The van der Waals surface area contributed by atoms with Gasteiger partial charge in [-0.2, -0.15) is 5.10 Å². The van der Waals surface area contributed by atoms with E-state index in [1.165, 1.54) is 12.8 Å². The van der Waals surface area contributed by atoms with Crippen LogP contribution in [0.4, 0.5) is 0 Å². The van der Waals surface area contributed by atoms with Crippen LogP contribution < -0.4 is 0 Å². The van der Waals surface area contributed by atoms with Crippen LogP contribution in [0.3, 0.4) is 0 Å². The van der Waals surface area contributed by atoms with E-state index in [0.29, 0.717) is 22.9 Å². The van der Waals surface area contributed by atoms with Gasteiger partial charge in [-0.15, -0.1) is 0 Å². The molecule has 1 saturated carbocycles. The van der Waals surface area contributed by atoms with E-state index in [9.17, 15) is 5.11 Å². The quantitative estimate of drug-likeness (QED) is 0.911. The Hall–Kier alpha value is -0.540. The zero-order chi connectivity index (χ0) is 15.8. The van der Waals surface area contributed by atoms with Gasteiger partial charge in [-0.3, -0.25) is 4.68 Å². The lowest BCUT2D eigenvalue weighted by molar-refractivity contribution is 0.0536. The molecule has 3 nitrogen and oxygen atoms in total. The van der Waals surface area contributed by atoms with E-state index in [0.717, 1.165) is 30.0 Å². The second-order valence-electron chi connectivity index (χ2n) is 7.73. The highest BCUT2D eigenvalue weighted by Crippen LogP contribution is 2.41. The van der Waals surface area contributed by atoms with Crippen LogP contribution in [0.1, 0.15) is 57.7 Å². The number of aryl methyl sites for hydroxylation is 2. The third-order valence-electron chi connectivity index (χ3n) is 5.22. The van der Waals surface area contributed by atoms with Crippen LogP contribution in [-0.4, -0.2) is 21.0 Å². The van der Waals surface area contributed by atoms with Crippen molar-refractivity contribution in [3.8, 4) is 0 Å². The molecule has 1 aromatic rings. The summed E-state index contributed by atoms with van der Waals surface area (Å²) in [7, 11) is 1.85. The molecule has 0 aliphatic heterocycles. The highest BCUT2D eigenvalue weighted by Gasteiger charge is 2.32. The van der Waals surface area contributed by atoms with Crippen molar-refractivity contribution in [1.82, 2.24) is 9.78 Å². The molecule has 1 aliphatic rings. The Morgan fingerprint density at radius 3 is 2.29 bits per heavy atom. The Labute approximate surface area is 133 Å². The lowest BCUT2D eigenvalue weighted by Gasteiger charge is -2.38. The summed E-state index contributed by atoms with van der Waals surface area (Å²) in [5, 5.41) is 15.6. The molecule has 1 aliphatic carbocycles. The largest absolute Gasteiger partial charge is 0.392 e. The van der Waals surface area contributed by atoms with Gasteiger partial charge in [-0.1, -0.05) is 32.4 Å². The zero-order valence-corrected chi connectivity index (χ0v) is 14.7. The molecule has 0 saturated heterocycles. The van der Waals surface area contributed by atoms with E-state index in [-0.39, 0.29) is 6.10 Å². The van der Waals surface area contributed by atoms with E-state index in [2.05, 4.69) is 25.9 Å². The highest BCUT2D eigenvalue weighted by atomic mass is 35.5. The first-order valence-electron chi connectivity index (χ1n) is 8.06. The van der Waals surface area contributed by atoms with Crippen LogP contribution in [0, 0.1) is 24.2 Å². The summed E-state index contributed by atoms with van der Waals surface area (Å²) in [6.07, 6.45) is 5.03. The van der Waals surface area contributed by atoms with Crippen LogP contribution in [0.15, 0.2) is 0 Å². The van der Waals surface area contributed by atoms with E-state index < -0.39 is 0 Å². The molecule has 0 aromatic carbocycles. The van der Waals surface area contributed by atoms with Crippen molar-refractivity contribution in [3.63, 3.8) is 0 Å². The number of halogens is 1. The van der Waals surface area contributed by atoms with Gasteiger partial charge in [0, 0.05) is 19.0 Å². The fourth-order valence-corrected chi connectivity index (χ4v) is 3.90. The van der Waals surface area contributed by atoms with Gasteiger partial charge < -0.3 is 5.11 Å². The van der Waals surface area contributed by atoms with Crippen LogP contribution in [0.5, 0.6) is 0 Å². The maximum absolute atomic E-state index is 10.6. The molecule has 1 aromatic heterocycles. The molecule has 0 radical (unpaired) electrons. The van der Waals surface area contributed by atoms with Gasteiger partial charge in [0.2, 0.25) is 0 Å². The van der Waals surface area contributed by atoms with Crippen molar-refractivity contribution < 1.29 is 5.11 Å². The van der Waals surface area contributed by atoms with Crippen molar-refractivity contribution in [1.29, 1.82) is 0 Å². The maximum atomic E-state index is 10.6. The topological polar surface area (TPSA) is 38.0 Å². The van der Waals surface area contributed by atoms with Crippen molar-refractivity contribution in [2.24, 2.45) is 24.3 Å². The SMILES string of the molecule is Cc1nn(C)c(Cl)c1CC(O)C1CCC(C(C)(C)C)CC1. The first-order valence-corrected chi connectivity index (χ1v) is 8.44. The summed E-state index contributed by atoms with van der Waals surface area (Å²) in [6.45, 7) is 8.94. The molecule has 0 amide bonds. The molecule has 1 fully saturated rings. The minimum absolute atomic E-state index is 0.300. The normalized spacial score (nSPS) is 25.1. The van der Waals surface area contributed by atoms with Crippen LogP contribution >= 0.6 is 11.6 Å². The predicted molar refractivity (Wildman–Crippen MR) is 87.6 cm³/mol. The van der Waals surface area contributed by atoms with E-state index >= 15 is 0 Å². The highest BCUT2D eigenvalue weighted by molar-refractivity contribution is 6.30. The lowest BCUT2D eigenvalue weighted by atomic mass is 9.68. The molecule has 0 spiro atoms. The first kappa shape index (κ1) is 16.8. The summed E-state index contributed by atoms with van der Waals surface area (Å²) < 4.78 is 1.69. The average molecular weight is 313 g/mol. The van der Waals surface area contributed by atoms with Crippen molar-refractivity contribution >= 4 is 11.6 Å². The van der Waals surface area contributed by atoms with Crippen molar-refractivity contribution in [2.45, 2.75) is 65.9 Å². The van der Waals surface area contributed by atoms with Gasteiger partial charge >= 0.3 is 0 Å². The Morgan fingerprint density at radius 1 is 1.29 bits per heavy atom. The predicted octanol–water partition coefficient (Wildman–Crippen LogP) is 4.14. The maximum Gasteiger partial charge on any atom is 0.130 e. The number of aromatic nitrogens is 2. The number of nitrogens with zero attached hydrogens (tertiary/aromatic N) is 2. The Kier molecular flexibility index (Phi) is 5.04. The van der Waals surface area contributed by atoms with Crippen LogP contribution in [0.2, 0.25) is 5.15 Å². The third kappa shape index (κ3) is 3.81. The number of rotatable bonds is 3. The summed E-state index contributed by atoms with van der Waals surface area (Å²) in [4.78, 5) is 0. The summed E-state index contributed by atoms with van der Waals surface area (Å²) in [5.74, 6) is 1.18.